The minimum absolute atomic E-state index is 0.0293. The molecule has 0 radical (unpaired) electrons. The molecule has 2 rings (SSSR count). The number of anilines is 1. The molecule has 0 heterocycles. The van der Waals surface area contributed by atoms with Gasteiger partial charge in [-0.2, -0.15) is 0 Å². The van der Waals surface area contributed by atoms with Crippen molar-refractivity contribution in [3.8, 4) is 0 Å². The average Bonchev–Trinajstić information content (AvgIpc) is 2.49. The molecule has 4 heteroatoms. The van der Waals surface area contributed by atoms with E-state index in [0.29, 0.717) is 13.0 Å². The minimum atomic E-state index is 0.0293. The van der Waals surface area contributed by atoms with Crippen LogP contribution in [0.3, 0.4) is 0 Å². The van der Waals surface area contributed by atoms with E-state index >= 15 is 0 Å². The molecule has 0 unspecified atom stereocenters. The summed E-state index contributed by atoms with van der Waals surface area (Å²) in [4.78, 5) is 13.4. The van der Waals surface area contributed by atoms with Gasteiger partial charge >= 0.3 is 0 Å². The molecule has 0 bridgehead atoms. The summed E-state index contributed by atoms with van der Waals surface area (Å²) >= 11 is 1.70. The normalized spacial score (nSPS) is 17.7. The zero-order valence-electron chi connectivity index (χ0n) is 12.2. The third-order valence-electron chi connectivity index (χ3n) is 4.26. The molecule has 1 saturated carbocycles. The smallest absolute Gasteiger partial charge is 0.224 e. The van der Waals surface area contributed by atoms with Crippen LogP contribution in [-0.2, 0) is 4.79 Å². The third-order valence-corrected chi connectivity index (χ3v) is 5.00. The van der Waals surface area contributed by atoms with Crippen LogP contribution in [-0.4, -0.2) is 18.7 Å². The number of nitrogens with one attached hydrogen (secondary N) is 1. The van der Waals surface area contributed by atoms with E-state index in [1.807, 2.05) is 30.5 Å². The number of amides is 1. The van der Waals surface area contributed by atoms with Crippen LogP contribution in [0.1, 0.15) is 38.5 Å². The van der Waals surface area contributed by atoms with Crippen molar-refractivity contribution in [2.45, 2.75) is 43.4 Å². The van der Waals surface area contributed by atoms with Gasteiger partial charge in [-0.05, 0) is 55.3 Å². The van der Waals surface area contributed by atoms with Gasteiger partial charge in [0.15, 0.2) is 0 Å². The SMILES string of the molecule is CSc1ccc(NC(=O)CC2(CN)CCCCC2)cc1. The Hall–Kier alpha value is -1.00. The number of carbonyl (C=O) groups excluding carboxylic acids is 1. The lowest BCUT2D eigenvalue weighted by atomic mass is 9.71. The van der Waals surface area contributed by atoms with Crippen LogP contribution >= 0.6 is 11.8 Å². The molecule has 3 nitrogen and oxygen atoms in total. The molecule has 0 saturated heterocycles. The molecule has 0 atom stereocenters. The quantitative estimate of drug-likeness (QED) is 0.815. The molecule has 1 amide bonds. The Kier molecular flexibility index (Phi) is 5.49. The first-order valence-corrected chi connectivity index (χ1v) is 8.54. The van der Waals surface area contributed by atoms with Crippen LogP contribution in [0.4, 0.5) is 5.69 Å². The van der Waals surface area contributed by atoms with E-state index in [9.17, 15) is 4.79 Å². The number of carbonyl (C=O) groups is 1. The molecule has 1 aromatic rings. The van der Waals surface area contributed by atoms with Gasteiger partial charge in [0.1, 0.15) is 0 Å². The van der Waals surface area contributed by atoms with Crippen molar-refractivity contribution in [1.29, 1.82) is 0 Å². The molecule has 110 valence electrons. The summed E-state index contributed by atoms with van der Waals surface area (Å²) in [5.41, 5.74) is 6.84. The first kappa shape index (κ1) is 15.4. The van der Waals surface area contributed by atoms with Gasteiger partial charge < -0.3 is 11.1 Å². The highest BCUT2D eigenvalue weighted by Gasteiger charge is 2.32. The molecule has 0 aromatic heterocycles. The zero-order chi connectivity index (χ0) is 14.4. The number of nitrogens with two attached hydrogens (primary N) is 1. The van der Waals surface area contributed by atoms with E-state index in [1.165, 1.54) is 24.2 Å². The summed E-state index contributed by atoms with van der Waals surface area (Å²) in [5, 5.41) is 3.00. The Morgan fingerprint density at radius 2 is 1.90 bits per heavy atom. The maximum Gasteiger partial charge on any atom is 0.224 e. The highest BCUT2D eigenvalue weighted by atomic mass is 32.2. The fourth-order valence-electron chi connectivity index (χ4n) is 2.97. The third kappa shape index (κ3) is 4.00. The van der Waals surface area contributed by atoms with E-state index in [-0.39, 0.29) is 11.3 Å². The van der Waals surface area contributed by atoms with Crippen LogP contribution < -0.4 is 11.1 Å². The first-order valence-electron chi connectivity index (χ1n) is 7.31. The molecule has 3 N–H and O–H groups in total. The van der Waals surface area contributed by atoms with Gasteiger partial charge in [0.2, 0.25) is 5.91 Å². The van der Waals surface area contributed by atoms with Crippen LogP contribution in [0.2, 0.25) is 0 Å². The first-order chi connectivity index (χ1) is 9.67. The molecule has 1 fully saturated rings. The molecular formula is C16H24N2OS. The van der Waals surface area contributed by atoms with Gasteiger partial charge in [0, 0.05) is 17.0 Å². The predicted octanol–water partition coefficient (Wildman–Crippen LogP) is 3.65. The van der Waals surface area contributed by atoms with Crippen molar-refractivity contribution in [2.75, 3.05) is 18.1 Å². The summed E-state index contributed by atoms with van der Waals surface area (Å²) in [6.45, 7) is 0.617. The second kappa shape index (κ2) is 7.14. The lowest BCUT2D eigenvalue weighted by Crippen LogP contribution is -2.36. The van der Waals surface area contributed by atoms with Crippen LogP contribution in [0.25, 0.3) is 0 Å². The summed E-state index contributed by atoms with van der Waals surface area (Å²) in [5.74, 6) is 0.0919. The summed E-state index contributed by atoms with van der Waals surface area (Å²) in [6.07, 6.45) is 8.44. The molecule has 0 spiro atoms. The van der Waals surface area contributed by atoms with Crippen LogP contribution in [0.15, 0.2) is 29.2 Å². The zero-order valence-corrected chi connectivity index (χ0v) is 13.0. The largest absolute Gasteiger partial charge is 0.330 e. The van der Waals surface area contributed by atoms with Gasteiger partial charge in [-0.25, -0.2) is 0 Å². The lowest BCUT2D eigenvalue weighted by Gasteiger charge is -2.35. The van der Waals surface area contributed by atoms with E-state index in [1.54, 1.807) is 11.8 Å². The van der Waals surface area contributed by atoms with Gasteiger partial charge in [-0.15, -0.1) is 11.8 Å². The topological polar surface area (TPSA) is 55.1 Å². The lowest BCUT2D eigenvalue weighted by molar-refractivity contribution is -0.118. The van der Waals surface area contributed by atoms with Crippen molar-refractivity contribution >= 4 is 23.4 Å². The van der Waals surface area contributed by atoms with E-state index in [2.05, 4.69) is 5.32 Å². The summed E-state index contributed by atoms with van der Waals surface area (Å²) in [6, 6.07) is 7.97. The highest BCUT2D eigenvalue weighted by molar-refractivity contribution is 7.98. The minimum Gasteiger partial charge on any atom is -0.330 e. The summed E-state index contributed by atoms with van der Waals surface area (Å²) < 4.78 is 0. The Morgan fingerprint density at radius 1 is 1.25 bits per heavy atom. The Labute approximate surface area is 125 Å². The van der Waals surface area contributed by atoms with Gasteiger partial charge in [0.25, 0.3) is 0 Å². The number of hydrogen-bond donors (Lipinski definition) is 2. The highest BCUT2D eigenvalue weighted by Crippen LogP contribution is 2.38. The molecule has 1 aromatic carbocycles. The predicted molar refractivity (Wildman–Crippen MR) is 86.0 cm³/mol. The second-order valence-corrected chi connectivity index (χ2v) is 6.60. The molecular weight excluding hydrogens is 268 g/mol. The second-order valence-electron chi connectivity index (χ2n) is 5.72. The molecule has 1 aliphatic carbocycles. The van der Waals surface area contributed by atoms with Crippen LogP contribution in [0.5, 0.6) is 0 Å². The maximum absolute atomic E-state index is 12.2. The maximum atomic E-state index is 12.2. The van der Waals surface area contributed by atoms with E-state index in [0.717, 1.165) is 18.5 Å². The Bertz CT molecular complexity index is 438. The van der Waals surface area contributed by atoms with Gasteiger partial charge in [-0.1, -0.05) is 19.3 Å². The van der Waals surface area contributed by atoms with Crippen molar-refractivity contribution in [3.63, 3.8) is 0 Å². The Balaban J connectivity index is 1.93. The fraction of sp³-hybridized carbons (Fsp3) is 0.562. The van der Waals surface area contributed by atoms with E-state index < -0.39 is 0 Å². The fourth-order valence-corrected chi connectivity index (χ4v) is 3.38. The Morgan fingerprint density at radius 3 is 2.45 bits per heavy atom. The van der Waals surface area contributed by atoms with Crippen molar-refractivity contribution in [2.24, 2.45) is 11.1 Å². The summed E-state index contributed by atoms with van der Waals surface area (Å²) in [7, 11) is 0. The van der Waals surface area contributed by atoms with Crippen molar-refractivity contribution in [1.82, 2.24) is 0 Å². The number of rotatable bonds is 5. The van der Waals surface area contributed by atoms with Crippen LogP contribution in [0, 0.1) is 5.41 Å². The number of thioether (sulfide) groups is 1. The number of hydrogen-bond acceptors (Lipinski definition) is 3. The monoisotopic (exact) mass is 292 g/mol. The van der Waals surface area contributed by atoms with Crippen molar-refractivity contribution < 1.29 is 4.79 Å². The van der Waals surface area contributed by atoms with E-state index in [4.69, 9.17) is 5.73 Å². The standard InChI is InChI=1S/C16H24N2OS/c1-20-14-7-5-13(6-8-14)18-15(19)11-16(12-17)9-3-2-4-10-16/h5-8H,2-4,9-12,17H2,1H3,(H,18,19). The number of benzene rings is 1. The molecule has 1 aliphatic rings. The molecule has 0 aliphatic heterocycles. The van der Waals surface area contributed by atoms with Gasteiger partial charge in [0.05, 0.1) is 0 Å². The van der Waals surface area contributed by atoms with Crippen molar-refractivity contribution in [3.05, 3.63) is 24.3 Å². The molecule has 20 heavy (non-hydrogen) atoms. The van der Waals surface area contributed by atoms with Gasteiger partial charge in [-0.3, -0.25) is 4.79 Å². The average molecular weight is 292 g/mol.